The van der Waals surface area contributed by atoms with Crippen molar-refractivity contribution in [2.45, 2.75) is 52.4 Å². The van der Waals surface area contributed by atoms with Crippen molar-refractivity contribution in [2.24, 2.45) is 0 Å². The number of hydrogen-bond donors (Lipinski definition) is 1. The predicted octanol–water partition coefficient (Wildman–Crippen LogP) is 17.4. The van der Waals surface area contributed by atoms with E-state index in [4.69, 9.17) is 8.83 Å². The third kappa shape index (κ3) is 4.62. The highest BCUT2D eigenvalue weighted by Gasteiger charge is 2.26. The number of benzene rings is 10. The van der Waals surface area contributed by atoms with E-state index in [9.17, 15) is 0 Å². The van der Waals surface area contributed by atoms with Crippen LogP contribution in [0.2, 0.25) is 0 Å². The zero-order valence-electron chi connectivity index (χ0n) is 36.7. The van der Waals surface area contributed by atoms with Crippen LogP contribution < -0.4 is 0 Å². The highest BCUT2D eigenvalue weighted by atomic mass is 16.3. The Morgan fingerprint density at radius 3 is 1.62 bits per heavy atom. The number of rotatable bonds is 2. The molecule has 0 saturated heterocycles. The molecule has 0 fully saturated rings. The van der Waals surface area contributed by atoms with Crippen LogP contribution in [-0.2, 0) is 10.8 Å². The largest absolute Gasteiger partial charge is 0.455 e. The number of aromatic nitrogens is 2. The Balaban J connectivity index is 1.07. The lowest BCUT2D eigenvalue weighted by atomic mass is 9.86. The molecule has 0 unspecified atom stereocenters. The SMILES string of the molecule is CC(C)(C)c1cccc2c1oc1c(-c3cccc4c3[nH]c3ccc5cc6c7ccccc7n(-c7cccc8c7oc7c(C(C)(C)C)cccc78)c7ccc8cc4c3c5c8c67)cccc12. The molecule has 0 aliphatic rings. The normalized spacial score (nSPS) is 13.2. The van der Waals surface area contributed by atoms with Gasteiger partial charge in [-0.1, -0.05) is 157 Å². The van der Waals surface area contributed by atoms with Crippen molar-refractivity contribution in [3.8, 4) is 16.8 Å². The fourth-order valence-electron chi connectivity index (χ4n) is 11.5. The van der Waals surface area contributed by atoms with E-state index in [0.717, 1.165) is 82.8 Å². The first kappa shape index (κ1) is 36.0. The molecule has 4 nitrogen and oxygen atoms in total. The third-order valence-electron chi connectivity index (χ3n) is 14.3. The molecular formula is C60H44N2O2. The maximum absolute atomic E-state index is 7.04. The number of fused-ring (bicyclic) bond motifs is 10. The van der Waals surface area contributed by atoms with Gasteiger partial charge in [-0.15, -0.1) is 0 Å². The smallest absolute Gasteiger partial charge is 0.159 e. The van der Waals surface area contributed by atoms with Gasteiger partial charge in [-0.3, -0.25) is 0 Å². The zero-order chi connectivity index (χ0) is 43.0. The van der Waals surface area contributed by atoms with Crippen LogP contribution in [0.5, 0.6) is 0 Å². The van der Waals surface area contributed by atoms with E-state index in [0.29, 0.717) is 0 Å². The fraction of sp³-hybridized carbons (Fsp3) is 0.133. The molecule has 306 valence electrons. The van der Waals surface area contributed by atoms with Crippen LogP contribution in [-0.4, -0.2) is 9.55 Å². The summed E-state index contributed by atoms with van der Waals surface area (Å²) in [6.45, 7) is 13.5. The summed E-state index contributed by atoms with van der Waals surface area (Å²) in [4.78, 5) is 4.01. The number of furan rings is 2. The summed E-state index contributed by atoms with van der Waals surface area (Å²) in [5, 5.41) is 17.1. The van der Waals surface area contributed by atoms with E-state index in [2.05, 4.69) is 203 Å². The Morgan fingerprint density at radius 2 is 0.922 bits per heavy atom. The van der Waals surface area contributed by atoms with Gasteiger partial charge in [0.25, 0.3) is 0 Å². The van der Waals surface area contributed by atoms with Crippen LogP contribution in [0.25, 0.3) is 137 Å². The molecule has 0 bridgehead atoms. The molecule has 1 N–H and O–H groups in total. The molecule has 0 spiro atoms. The topological polar surface area (TPSA) is 47.0 Å². The van der Waals surface area contributed by atoms with Gasteiger partial charge in [-0.2, -0.15) is 0 Å². The van der Waals surface area contributed by atoms with Crippen LogP contribution >= 0.6 is 0 Å². The molecule has 0 amide bonds. The van der Waals surface area contributed by atoms with E-state index < -0.39 is 0 Å². The van der Waals surface area contributed by atoms with Gasteiger partial charge < -0.3 is 18.4 Å². The minimum atomic E-state index is -0.0669. The van der Waals surface area contributed by atoms with Crippen molar-refractivity contribution in [2.75, 3.05) is 0 Å². The van der Waals surface area contributed by atoms with Gasteiger partial charge in [0.1, 0.15) is 16.7 Å². The monoisotopic (exact) mass is 824 g/mol. The number of nitrogens with one attached hydrogen (secondary N) is 1. The Kier molecular flexibility index (Phi) is 6.81. The summed E-state index contributed by atoms with van der Waals surface area (Å²) in [5.41, 5.74) is 13.9. The van der Waals surface area contributed by atoms with Crippen LogP contribution in [0.3, 0.4) is 0 Å². The lowest BCUT2D eigenvalue weighted by Gasteiger charge is -2.23. The molecule has 0 aliphatic carbocycles. The summed E-state index contributed by atoms with van der Waals surface area (Å²) in [6, 6.07) is 56.1. The van der Waals surface area contributed by atoms with Crippen molar-refractivity contribution >= 4 is 120 Å². The van der Waals surface area contributed by atoms with E-state index in [-0.39, 0.29) is 10.8 Å². The average Bonchev–Trinajstić information content (AvgIpc) is 3.88. The molecule has 0 aliphatic heterocycles. The fourth-order valence-corrected chi connectivity index (χ4v) is 11.5. The molecule has 14 aromatic rings. The molecule has 10 aromatic carbocycles. The molecule has 64 heavy (non-hydrogen) atoms. The predicted molar refractivity (Wildman–Crippen MR) is 271 cm³/mol. The lowest BCUT2D eigenvalue weighted by molar-refractivity contribution is 0.572. The van der Waals surface area contributed by atoms with E-state index in [1.807, 2.05) is 0 Å². The summed E-state index contributed by atoms with van der Waals surface area (Å²) in [7, 11) is 0. The molecular weight excluding hydrogens is 781 g/mol. The first-order valence-electron chi connectivity index (χ1n) is 22.5. The van der Waals surface area contributed by atoms with Crippen molar-refractivity contribution in [1.29, 1.82) is 0 Å². The van der Waals surface area contributed by atoms with Crippen LogP contribution in [0.1, 0.15) is 52.7 Å². The first-order valence-corrected chi connectivity index (χ1v) is 22.5. The van der Waals surface area contributed by atoms with Gasteiger partial charge in [-0.25, -0.2) is 0 Å². The maximum Gasteiger partial charge on any atom is 0.159 e. The van der Waals surface area contributed by atoms with Gasteiger partial charge in [-0.05, 0) is 68.8 Å². The number of pyridine rings is 2. The van der Waals surface area contributed by atoms with Gasteiger partial charge in [0.2, 0.25) is 0 Å². The van der Waals surface area contributed by atoms with Crippen molar-refractivity contribution in [1.82, 2.24) is 9.55 Å². The molecule has 0 saturated carbocycles. The molecule has 4 heterocycles. The Hall–Kier alpha value is -7.56. The van der Waals surface area contributed by atoms with Gasteiger partial charge in [0.05, 0.1) is 22.2 Å². The summed E-state index contributed by atoms with van der Waals surface area (Å²) < 4.78 is 16.4. The Morgan fingerprint density at radius 1 is 0.391 bits per heavy atom. The van der Waals surface area contributed by atoms with Gasteiger partial charge >= 0.3 is 0 Å². The second kappa shape index (κ2) is 12.1. The van der Waals surface area contributed by atoms with E-state index in [1.165, 1.54) is 65.0 Å². The molecule has 0 atom stereocenters. The molecule has 0 radical (unpaired) electrons. The highest BCUT2D eigenvalue weighted by Crippen LogP contribution is 2.49. The van der Waals surface area contributed by atoms with Crippen molar-refractivity contribution in [3.63, 3.8) is 0 Å². The lowest BCUT2D eigenvalue weighted by Crippen LogP contribution is -2.10. The molecule has 14 rings (SSSR count). The Labute approximate surface area is 368 Å². The van der Waals surface area contributed by atoms with E-state index in [1.54, 1.807) is 0 Å². The average molecular weight is 825 g/mol. The van der Waals surface area contributed by atoms with Gasteiger partial charge in [0.15, 0.2) is 5.58 Å². The summed E-state index contributed by atoms with van der Waals surface area (Å²) in [6.07, 6.45) is 0. The molecule has 4 aromatic heterocycles. The third-order valence-corrected chi connectivity index (χ3v) is 14.3. The van der Waals surface area contributed by atoms with Crippen molar-refractivity contribution < 1.29 is 8.83 Å². The maximum atomic E-state index is 7.04. The number of nitrogens with zero attached hydrogens (tertiary/aromatic N) is 1. The standard InChI is InChI=1S/C60H44N2O2/c1-59(2,3)44-22-11-19-39-38-18-10-17-37(55(38)63-56(39)44)35-15-9-16-36-43-31-33-27-29-48-53-42(30-32-26-28-46(61-54(35)36)52(43)50(32)51(33)53)34-14-7-8-24-47(34)62(48)49-25-13-21-41-40-20-12-23-45(60(4,5)6)57(40)64-58(41)49/h7-31,61H,1-6H3. The van der Waals surface area contributed by atoms with Crippen LogP contribution in [0.4, 0.5) is 0 Å². The second-order valence-corrected chi connectivity index (χ2v) is 20.1. The number of hydrogen-bond acceptors (Lipinski definition) is 2. The van der Waals surface area contributed by atoms with Gasteiger partial charge in [0, 0.05) is 81.6 Å². The quantitative estimate of drug-likeness (QED) is 0.139. The zero-order valence-corrected chi connectivity index (χ0v) is 36.7. The number of aromatic amines is 1. The first-order chi connectivity index (χ1) is 31.0. The highest BCUT2D eigenvalue weighted by molar-refractivity contribution is 6.40. The molecule has 4 heteroatoms. The minimum Gasteiger partial charge on any atom is -0.455 e. The van der Waals surface area contributed by atoms with E-state index >= 15 is 0 Å². The van der Waals surface area contributed by atoms with Crippen LogP contribution in [0, 0.1) is 0 Å². The number of para-hydroxylation sites is 6. The van der Waals surface area contributed by atoms with Crippen LogP contribution in [0.15, 0.2) is 160 Å². The summed E-state index contributed by atoms with van der Waals surface area (Å²) >= 11 is 0. The Bertz CT molecular complexity index is 4320. The summed E-state index contributed by atoms with van der Waals surface area (Å²) in [5.74, 6) is 0. The minimum absolute atomic E-state index is 0.0520. The van der Waals surface area contributed by atoms with Crippen molar-refractivity contribution in [3.05, 3.63) is 163 Å². The number of H-pyrrole nitrogens is 1. The second-order valence-electron chi connectivity index (χ2n) is 20.1.